The molecular formula is C30H26N4O3. The molecule has 0 bridgehead atoms. The Hall–Kier alpha value is -4.91. The van der Waals surface area contributed by atoms with E-state index in [1.54, 1.807) is 45.8 Å². The number of nitrogens with one attached hydrogen (secondary N) is 1. The fourth-order valence-corrected chi connectivity index (χ4v) is 4.20. The van der Waals surface area contributed by atoms with Crippen LogP contribution in [-0.4, -0.2) is 20.0 Å². The van der Waals surface area contributed by atoms with E-state index in [1.807, 2.05) is 48.5 Å². The number of aromatic nitrogens is 3. The van der Waals surface area contributed by atoms with Gasteiger partial charge in [0.2, 0.25) is 5.91 Å². The molecule has 0 saturated heterocycles. The van der Waals surface area contributed by atoms with Crippen LogP contribution >= 0.6 is 0 Å². The molecule has 2 heterocycles. The average Bonchev–Trinajstić information content (AvgIpc) is 3.21. The van der Waals surface area contributed by atoms with Crippen molar-refractivity contribution >= 4 is 22.6 Å². The molecule has 7 heteroatoms. The highest BCUT2D eigenvalue weighted by atomic mass is 16.5. The van der Waals surface area contributed by atoms with Crippen molar-refractivity contribution in [2.45, 2.75) is 19.8 Å². The van der Waals surface area contributed by atoms with Gasteiger partial charge >= 0.3 is 5.69 Å². The first-order chi connectivity index (χ1) is 17.9. The maximum absolute atomic E-state index is 13.7. The quantitative estimate of drug-likeness (QED) is 0.275. The lowest BCUT2D eigenvalue weighted by Gasteiger charge is -2.10. The maximum Gasteiger partial charge on any atom is 0.338 e. The number of imidazole rings is 1. The number of amides is 1. The smallest absolute Gasteiger partial charge is 0.338 e. The van der Waals surface area contributed by atoms with Gasteiger partial charge in [0.25, 0.3) is 0 Å². The number of hydrogen-bond donors (Lipinski definition) is 1. The highest BCUT2D eigenvalue weighted by Gasteiger charge is 2.17. The van der Waals surface area contributed by atoms with Crippen molar-refractivity contribution in [1.29, 1.82) is 0 Å². The van der Waals surface area contributed by atoms with Crippen molar-refractivity contribution < 1.29 is 9.53 Å². The number of hydrogen-bond acceptors (Lipinski definition) is 4. The molecule has 184 valence electrons. The number of carbonyl (C=O) groups excluding carboxylic acids is 1. The summed E-state index contributed by atoms with van der Waals surface area (Å²) in [6.07, 6.45) is 4.51. The van der Waals surface area contributed by atoms with Gasteiger partial charge in [-0.1, -0.05) is 38.6 Å². The number of fused-ring (bicyclic) bond motifs is 1. The molecule has 0 aliphatic heterocycles. The van der Waals surface area contributed by atoms with Crippen molar-refractivity contribution in [1.82, 2.24) is 14.1 Å². The number of rotatable bonds is 7. The predicted molar refractivity (Wildman–Crippen MR) is 146 cm³/mol. The van der Waals surface area contributed by atoms with E-state index in [2.05, 4.69) is 36.8 Å². The van der Waals surface area contributed by atoms with Crippen molar-refractivity contribution in [2.75, 3.05) is 5.32 Å². The van der Waals surface area contributed by atoms with Gasteiger partial charge in [0.05, 0.1) is 28.6 Å². The Morgan fingerprint density at radius 3 is 2.43 bits per heavy atom. The SMILES string of the molecule is C=CC(=O)Nc1cccc(-n2c(=O)n(-c3ccc(Oc4cccc(C(C)C)c4)cc3)c3cnccc32)c1. The van der Waals surface area contributed by atoms with E-state index in [1.165, 1.54) is 11.6 Å². The Bertz CT molecular complexity index is 1660. The molecule has 0 unspecified atom stereocenters. The third-order valence-electron chi connectivity index (χ3n) is 6.05. The first-order valence-electron chi connectivity index (χ1n) is 11.9. The van der Waals surface area contributed by atoms with Crippen LogP contribution in [0.5, 0.6) is 11.5 Å². The zero-order chi connectivity index (χ0) is 25.9. The van der Waals surface area contributed by atoms with Gasteiger partial charge in [-0.2, -0.15) is 0 Å². The summed E-state index contributed by atoms with van der Waals surface area (Å²) in [6, 6.07) is 24.3. The first kappa shape index (κ1) is 23.8. The van der Waals surface area contributed by atoms with Gasteiger partial charge in [0.15, 0.2) is 0 Å². The summed E-state index contributed by atoms with van der Waals surface area (Å²) in [7, 11) is 0. The van der Waals surface area contributed by atoms with Crippen molar-refractivity contribution in [3.05, 3.63) is 120 Å². The first-order valence-corrected chi connectivity index (χ1v) is 11.9. The number of benzene rings is 3. The van der Waals surface area contributed by atoms with Crippen LogP contribution in [0.3, 0.4) is 0 Å². The largest absolute Gasteiger partial charge is 0.457 e. The molecule has 0 aliphatic rings. The van der Waals surface area contributed by atoms with E-state index in [0.717, 1.165) is 5.75 Å². The van der Waals surface area contributed by atoms with Crippen LogP contribution < -0.4 is 15.7 Å². The third kappa shape index (κ3) is 4.79. The Kier molecular flexibility index (Phi) is 6.43. The van der Waals surface area contributed by atoms with Crippen LogP contribution in [-0.2, 0) is 4.79 Å². The molecule has 2 aromatic heterocycles. The minimum Gasteiger partial charge on any atom is -0.457 e. The van der Waals surface area contributed by atoms with Gasteiger partial charge in [0, 0.05) is 11.9 Å². The van der Waals surface area contributed by atoms with Gasteiger partial charge in [-0.25, -0.2) is 4.79 Å². The number of ether oxygens (including phenoxy) is 1. The van der Waals surface area contributed by atoms with Crippen LogP contribution in [0.25, 0.3) is 22.4 Å². The topological polar surface area (TPSA) is 78.2 Å². The van der Waals surface area contributed by atoms with Crippen molar-refractivity contribution in [3.63, 3.8) is 0 Å². The molecule has 0 fully saturated rings. The van der Waals surface area contributed by atoms with Gasteiger partial charge in [-0.05, 0) is 78.2 Å². The van der Waals surface area contributed by atoms with E-state index >= 15 is 0 Å². The van der Waals surface area contributed by atoms with Crippen LogP contribution in [0.2, 0.25) is 0 Å². The Labute approximate surface area is 214 Å². The van der Waals surface area contributed by atoms with Crippen LogP contribution in [0, 0.1) is 0 Å². The van der Waals surface area contributed by atoms with E-state index in [0.29, 0.717) is 39.8 Å². The second-order valence-corrected chi connectivity index (χ2v) is 8.88. The monoisotopic (exact) mass is 490 g/mol. The fraction of sp³-hybridized carbons (Fsp3) is 0.100. The minimum atomic E-state index is -0.325. The summed E-state index contributed by atoms with van der Waals surface area (Å²) in [5, 5.41) is 2.74. The van der Waals surface area contributed by atoms with E-state index in [4.69, 9.17) is 4.74 Å². The lowest BCUT2D eigenvalue weighted by Crippen LogP contribution is -2.22. The normalized spacial score (nSPS) is 11.0. The summed E-state index contributed by atoms with van der Waals surface area (Å²) in [4.78, 5) is 29.7. The van der Waals surface area contributed by atoms with Crippen LogP contribution in [0.1, 0.15) is 25.3 Å². The fourth-order valence-electron chi connectivity index (χ4n) is 4.20. The van der Waals surface area contributed by atoms with E-state index < -0.39 is 0 Å². The molecule has 0 spiro atoms. The predicted octanol–water partition coefficient (Wildman–Crippen LogP) is 6.22. The number of pyridine rings is 1. The molecule has 5 aromatic rings. The Morgan fingerprint density at radius 2 is 1.68 bits per heavy atom. The maximum atomic E-state index is 13.7. The molecule has 1 amide bonds. The van der Waals surface area contributed by atoms with Gasteiger partial charge < -0.3 is 10.1 Å². The molecule has 1 N–H and O–H groups in total. The zero-order valence-corrected chi connectivity index (χ0v) is 20.6. The second kappa shape index (κ2) is 9.99. The van der Waals surface area contributed by atoms with E-state index in [9.17, 15) is 9.59 Å². The van der Waals surface area contributed by atoms with Gasteiger partial charge in [-0.3, -0.25) is 18.9 Å². The molecule has 3 aromatic carbocycles. The lowest BCUT2D eigenvalue weighted by molar-refractivity contribution is -0.111. The standard InChI is InChI=1S/C30H26N4O3/c1-4-29(35)32-22-8-6-9-24(18-22)34-27-15-16-31-19-28(27)33(30(34)36)23-11-13-25(14-12-23)37-26-10-5-7-21(17-26)20(2)3/h4-20H,1H2,2-3H3,(H,32,35). The van der Waals surface area contributed by atoms with Gasteiger partial charge in [-0.15, -0.1) is 0 Å². The molecule has 0 radical (unpaired) electrons. The molecule has 0 atom stereocenters. The minimum absolute atomic E-state index is 0.256. The zero-order valence-electron chi connectivity index (χ0n) is 20.6. The summed E-state index contributed by atoms with van der Waals surface area (Å²) in [5.41, 5.74) is 4.16. The highest BCUT2D eigenvalue weighted by Crippen LogP contribution is 2.27. The average molecular weight is 491 g/mol. The summed E-state index contributed by atoms with van der Waals surface area (Å²) >= 11 is 0. The highest BCUT2D eigenvalue weighted by molar-refractivity contribution is 5.99. The Balaban J connectivity index is 1.53. The second-order valence-electron chi connectivity index (χ2n) is 8.88. The summed E-state index contributed by atoms with van der Waals surface area (Å²) in [6.45, 7) is 7.77. The number of anilines is 1. The summed E-state index contributed by atoms with van der Waals surface area (Å²) < 4.78 is 9.27. The molecule has 5 rings (SSSR count). The van der Waals surface area contributed by atoms with E-state index in [-0.39, 0.29) is 11.6 Å². The lowest BCUT2D eigenvalue weighted by atomic mass is 10.0. The van der Waals surface area contributed by atoms with Gasteiger partial charge in [0.1, 0.15) is 11.5 Å². The molecule has 37 heavy (non-hydrogen) atoms. The molecule has 7 nitrogen and oxygen atoms in total. The van der Waals surface area contributed by atoms with Crippen LogP contribution in [0.4, 0.5) is 5.69 Å². The van der Waals surface area contributed by atoms with Crippen molar-refractivity contribution in [3.8, 4) is 22.9 Å². The molecule has 0 saturated carbocycles. The number of carbonyl (C=O) groups is 1. The third-order valence-corrected chi connectivity index (χ3v) is 6.05. The number of nitrogens with zero attached hydrogens (tertiary/aromatic N) is 3. The summed E-state index contributed by atoms with van der Waals surface area (Å²) in [5.74, 6) is 1.52. The molecular weight excluding hydrogens is 464 g/mol. The molecule has 0 aliphatic carbocycles. The Morgan fingerprint density at radius 1 is 0.919 bits per heavy atom. The van der Waals surface area contributed by atoms with Crippen LogP contribution in [0.15, 0.2) is 109 Å². The van der Waals surface area contributed by atoms with Crippen molar-refractivity contribution in [2.24, 2.45) is 0 Å².